The van der Waals surface area contributed by atoms with Crippen LogP contribution in [0.4, 0.5) is 0 Å². The van der Waals surface area contributed by atoms with Gasteiger partial charge in [-0.25, -0.2) is 0 Å². The number of hydrogen-bond donors (Lipinski definition) is 1. The minimum atomic E-state index is 0.214. The maximum atomic E-state index is 12.2. The van der Waals surface area contributed by atoms with E-state index in [1.165, 1.54) is 31.2 Å². The van der Waals surface area contributed by atoms with Crippen molar-refractivity contribution in [3.63, 3.8) is 0 Å². The number of amides is 1. The monoisotopic (exact) mass is 315 g/mol. The van der Waals surface area contributed by atoms with Crippen LogP contribution in [0.1, 0.15) is 57.1 Å². The van der Waals surface area contributed by atoms with Gasteiger partial charge in [0, 0.05) is 13.0 Å². The predicted molar refractivity (Wildman–Crippen MR) is 91.8 cm³/mol. The molecule has 2 aliphatic rings. The Hall–Kier alpha value is -1.35. The number of carbonyl (C=O) groups excluding carboxylic acids is 1. The smallest absolute Gasteiger partial charge is 0.220 e. The van der Waals surface area contributed by atoms with Gasteiger partial charge in [-0.1, -0.05) is 30.7 Å². The van der Waals surface area contributed by atoms with E-state index in [4.69, 9.17) is 4.74 Å². The molecule has 0 unspecified atom stereocenters. The molecule has 126 valence electrons. The average Bonchev–Trinajstić information content (AvgIpc) is 3.14. The molecule has 0 aliphatic heterocycles. The Morgan fingerprint density at radius 2 is 2.09 bits per heavy atom. The maximum Gasteiger partial charge on any atom is 0.220 e. The normalized spacial score (nSPS) is 26.0. The molecule has 3 atom stereocenters. The molecule has 1 aromatic carbocycles. The molecule has 23 heavy (non-hydrogen) atoms. The van der Waals surface area contributed by atoms with Crippen LogP contribution in [0.5, 0.6) is 0 Å². The maximum absolute atomic E-state index is 12.2. The summed E-state index contributed by atoms with van der Waals surface area (Å²) in [6.07, 6.45) is 6.35. The average molecular weight is 315 g/mol. The van der Waals surface area contributed by atoms with Crippen LogP contribution in [0.25, 0.3) is 0 Å². The van der Waals surface area contributed by atoms with Gasteiger partial charge in [0.2, 0.25) is 5.91 Å². The summed E-state index contributed by atoms with van der Waals surface area (Å²) in [5, 5.41) is 3.10. The summed E-state index contributed by atoms with van der Waals surface area (Å²) in [5.41, 5.74) is 2.31. The summed E-state index contributed by atoms with van der Waals surface area (Å²) in [7, 11) is 0. The zero-order chi connectivity index (χ0) is 16.2. The fraction of sp³-hybridized carbons (Fsp3) is 0.650. The number of fused-ring (bicyclic) bond motifs is 2. The molecule has 0 heterocycles. The summed E-state index contributed by atoms with van der Waals surface area (Å²) in [5.74, 6) is 2.59. The first-order chi connectivity index (χ1) is 11.1. The standard InChI is InChI=1S/C20H29NO2/c1-14(2)23-13-17-5-3-4-16(8-17)12-21-20(22)11-19-10-15-6-7-18(19)9-15/h3-5,8,14-15,18-19H,6-7,9-13H2,1-2H3,(H,21,22)/t15-,18-,19-/m0/s1. The molecule has 1 aromatic rings. The van der Waals surface area contributed by atoms with Gasteiger partial charge in [-0.05, 0) is 62.0 Å². The third-order valence-corrected chi connectivity index (χ3v) is 5.40. The van der Waals surface area contributed by atoms with Gasteiger partial charge in [-0.3, -0.25) is 4.79 Å². The molecular weight excluding hydrogens is 286 g/mol. The zero-order valence-electron chi connectivity index (χ0n) is 14.4. The molecule has 1 amide bonds. The van der Waals surface area contributed by atoms with Crippen LogP contribution in [0.3, 0.4) is 0 Å². The minimum absolute atomic E-state index is 0.214. The zero-order valence-corrected chi connectivity index (χ0v) is 14.4. The van der Waals surface area contributed by atoms with Crippen LogP contribution in [-0.2, 0) is 22.7 Å². The molecule has 2 aliphatic carbocycles. The van der Waals surface area contributed by atoms with Gasteiger partial charge in [-0.15, -0.1) is 0 Å². The van der Waals surface area contributed by atoms with Crippen molar-refractivity contribution in [2.45, 2.75) is 65.2 Å². The first kappa shape index (κ1) is 16.5. The largest absolute Gasteiger partial charge is 0.374 e. The van der Waals surface area contributed by atoms with Crippen molar-refractivity contribution in [1.29, 1.82) is 0 Å². The van der Waals surface area contributed by atoms with Crippen molar-refractivity contribution < 1.29 is 9.53 Å². The first-order valence-corrected chi connectivity index (χ1v) is 9.06. The van der Waals surface area contributed by atoms with Crippen molar-refractivity contribution in [3.05, 3.63) is 35.4 Å². The van der Waals surface area contributed by atoms with Crippen molar-refractivity contribution >= 4 is 5.91 Å². The lowest BCUT2D eigenvalue weighted by molar-refractivity contribution is -0.122. The van der Waals surface area contributed by atoms with Crippen LogP contribution in [0, 0.1) is 17.8 Å². The van der Waals surface area contributed by atoms with Gasteiger partial charge in [0.05, 0.1) is 12.7 Å². The molecule has 2 fully saturated rings. The highest BCUT2D eigenvalue weighted by Gasteiger charge is 2.39. The topological polar surface area (TPSA) is 38.3 Å². The highest BCUT2D eigenvalue weighted by atomic mass is 16.5. The van der Waals surface area contributed by atoms with E-state index in [1.807, 2.05) is 19.9 Å². The van der Waals surface area contributed by atoms with Gasteiger partial charge in [0.1, 0.15) is 0 Å². The number of benzene rings is 1. The molecule has 3 nitrogen and oxygen atoms in total. The van der Waals surface area contributed by atoms with E-state index in [0.717, 1.165) is 23.8 Å². The molecule has 0 spiro atoms. The Kier molecular flexibility index (Phi) is 5.37. The SMILES string of the molecule is CC(C)OCc1cccc(CNC(=O)C[C@@H]2C[C@H]3CC[C@H]2C3)c1. The molecule has 2 saturated carbocycles. The summed E-state index contributed by atoms with van der Waals surface area (Å²) in [4.78, 5) is 12.2. The van der Waals surface area contributed by atoms with Gasteiger partial charge in [0.15, 0.2) is 0 Å². The van der Waals surface area contributed by atoms with Crippen molar-refractivity contribution in [2.75, 3.05) is 0 Å². The van der Waals surface area contributed by atoms with Crippen LogP contribution in [-0.4, -0.2) is 12.0 Å². The van der Waals surface area contributed by atoms with E-state index in [-0.39, 0.29) is 12.0 Å². The van der Waals surface area contributed by atoms with Crippen molar-refractivity contribution in [2.24, 2.45) is 17.8 Å². The van der Waals surface area contributed by atoms with E-state index < -0.39 is 0 Å². The Balaban J connectivity index is 1.44. The van der Waals surface area contributed by atoms with Gasteiger partial charge in [0.25, 0.3) is 0 Å². The summed E-state index contributed by atoms with van der Waals surface area (Å²) in [6, 6.07) is 8.30. The molecule has 3 heteroatoms. The number of rotatable bonds is 7. The fourth-order valence-electron chi connectivity index (χ4n) is 4.23. The second kappa shape index (κ2) is 7.48. The highest BCUT2D eigenvalue weighted by molar-refractivity contribution is 5.76. The van der Waals surface area contributed by atoms with Gasteiger partial charge in [-0.2, -0.15) is 0 Å². The van der Waals surface area contributed by atoms with E-state index in [1.54, 1.807) is 0 Å². The number of ether oxygens (including phenoxy) is 1. The van der Waals surface area contributed by atoms with Crippen LogP contribution >= 0.6 is 0 Å². The highest BCUT2D eigenvalue weighted by Crippen LogP contribution is 2.49. The molecular formula is C20H29NO2. The number of nitrogens with one attached hydrogen (secondary N) is 1. The Labute approximate surface area is 139 Å². The van der Waals surface area contributed by atoms with Crippen LogP contribution in [0.15, 0.2) is 24.3 Å². The molecule has 1 N–H and O–H groups in total. The number of carbonyl (C=O) groups is 1. The molecule has 0 aromatic heterocycles. The number of hydrogen-bond acceptors (Lipinski definition) is 2. The molecule has 0 radical (unpaired) electrons. The van der Waals surface area contributed by atoms with Crippen LogP contribution < -0.4 is 5.32 Å². The van der Waals surface area contributed by atoms with Crippen molar-refractivity contribution in [1.82, 2.24) is 5.32 Å². The van der Waals surface area contributed by atoms with Gasteiger partial charge >= 0.3 is 0 Å². The minimum Gasteiger partial charge on any atom is -0.374 e. The summed E-state index contributed by atoms with van der Waals surface area (Å²) < 4.78 is 5.64. The quantitative estimate of drug-likeness (QED) is 0.824. The fourth-order valence-corrected chi connectivity index (χ4v) is 4.23. The van der Waals surface area contributed by atoms with E-state index in [0.29, 0.717) is 19.1 Å². The Bertz CT molecular complexity index is 540. The summed E-state index contributed by atoms with van der Waals surface area (Å²) in [6.45, 7) is 5.33. The summed E-state index contributed by atoms with van der Waals surface area (Å²) >= 11 is 0. The second-order valence-corrected chi connectivity index (χ2v) is 7.60. The molecule has 3 rings (SSSR count). The Morgan fingerprint density at radius 3 is 2.78 bits per heavy atom. The molecule has 0 saturated heterocycles. The van der Waals surface area contributed by atoms with Crippen molar-refractivity contribution in [3.8, 4) is 0 Å². The lowest BCUT2D eigenvalue weighted by atomic mass is 9.86. The second-order valence-electron chi connectivity index (χ2n) is 7.60. The predicted octanol–water partition coefficient (Wildman–Crippen LogP) is 4.05. The van der Waals surface area contributed by atoms with E-state index in [2.05, 4.69) is 23.5 Å². The van der Waals surface area contributed by atoms with Gasteiger partial charge < -0.3 is 10.1 Å². The lowest BCUT2D eigenvalue weighted by Gasteiger charge is -2.20. The van der Waals surface area contributed by atoms with E-state index in [9.17, 15) is 4.79 Å². The van der Waals surface area contributed by atoms with E-state index >= 15 is 0 Å². The lowest BCUT2D eigenvalue weighted by Crippen LogP contribution is -2.26. The Morgan fingerprint density at radius 1 is 1.26 bits per heavy atom. The molecule has 2 bridgehead atoms. The first-order valence-electron chi connectivity index (χ1n) is 9.06. The third-order valence-electron chi connectivity index (χ3n) is 5.40. The third kappa shape index (κ3) is 4.57. The van der Waals surface area contributed by atoms with Crippen LogP contribution in [0.2, 0.25) is 0 Å².